The first-order valence-electron chi connectivity index (χ1n) is 15.5. The predicted molar refractivity (Wildman–Crippen MR) is 183 cm³/mol. The number of alkyl halides is 3. The van der Waals surface area contributed by atoms with Crippen molar-refractivity contribution in [3.63, 3.8) is 0 Å². The number of likely N-dealkylation sites (N-methyl/N-ethyl adjacent to an activating group) is 2. The Kier molecular flexibility index (Phi) is 11.1. The van der Waals surface area contributed by atoms with Crippen LogP contribution in [0.5, 0.6) is 17.2 Å². The highest BCUT2D eigenvalue weighted by molar-refractivity contribution is 6.02. The molecule has 1 atom stereocenters. The van der Waals surface area contributed by atoms with E-state index >= 15 is 0 Å². The number of benzene rings is 3. The number of aromatic nitrogens is 2. The van der Waals surface area contributed by atoms with Gasteiger partial charge in [0.05, 0.1) is 42.4 Å². The van der Waals surface area contributed by atoms with Crippen molar-refractivity contribution < 1.29 is 36.7 Å². The van der Waals surface area contributed by atoms with Crippen LogP contribution < -0.4 is 30.1 Å². The zero-order valence-corrected chi connectivity index (χ0v) is 27.9. The molecule has 50 heavy (non-hydrogen) atoms. The smallest absolute Gasteiger partial charge is 0.416 e. The van der Waals surface area contributed by atoms with E-state index in [1.54, 1.807) is 23.3 Å². The van der Waals surface area contributed by atoms with E-state index < -0.39 is 23.6 Å². The van der Waals surface area contributed by atoms with E-state index in [0.29, 0.717) is 53.9 Å². The fourth-order valence-electron chi connectivity index (χ4n) is 5.25. The first-order chi connectivity index (χ1) is 23.9. The SMILES string of the molecule is C=CC(=O)Nc1cc(Nc2cc(N3OCC[C@@H]3c3ccc(F)c(Oc4cccc(C(F)(F)F)c4)c3)ncn2)c(OC)cc1N(C)CCN(C)C. The summed E-state index contributed by atoms with van der Waals surface area (Å²) in [4.78, 5) is 31.1. The number of ether oxygens (including phenoxy) is 2. The number of hydrogen-bond donors (Lipinski definition) is 2. The van der Waals surface area contributed by atoms with Gasteiger partial charge in [0.2, 0.25) is 5.91 Å². The summed E-state index contributed by atoms with van der Waals surface area (Å²) in [6, 6.07) is 13.2. The number of methoxy groups -OCH3 is 1. The molecule has 0 bridgehead atoms. The van der Waals surface area contributed by atoms with Crippen molar-refractivity contribution >= 4 is 34.6 Å². The molecule has 0 radical (unpaired) electrons. The van der Waals surface area contributed by atoms with E-state index in [1.165, 1.54) is 43.8 Å². The van der Waals surface area contributed by atoms with Crippen molar-refractivity contribution in [3.05, 3.63) is 96.6 Å². The van der Waals surface area contributed by atoms with Gasteiger partial charge in [0.15, 0.2) is 17.4 Å². The first kappa shape index (κ1) is 35.9. The maximum atomic E-state index is 14.8. The van der Waals surface area contributed by atoms with Gasteiger partial charge in [-0.15, -0.1) is 0 Å². The molecule has 1 saturated heterocycles. The van der Waals surface area contributed by atoms with Gasteiger partial charge in [0.25, 0.3) is 0 Å². The quantitative estimate of drug-likeness (QED) is 0.110. The summed E-state index contributed by atoms with van der Waals surface area (Å²) in [5, 5.41) is 7.66. The Morgan fingerprint density at radius 1 is 1.06 bits per heavy atom. The van der Waals surface area contributed by atoms with Crippen LogP contribution in [0.3, 0.4) is 0 Å². The van der Waals surface area contributed by atoms with E-state index in [9.17, 15) is 22.4 Å². The molecule has 0 spiro atoms. The second kappa shape index (κ2) is 15.4. The highest BCUT2D eigenvalue weighted by Gasteiger charge is 2.32. The Morgan fingerprint density at radius 2 is 1.86 bits per heavy atom. The molecule has 1 amide bonds. The second-order valence-electron chi connectivity index (χ2n) is 11.7. The Bertz CT molecular complexity index is 1840. The van der Waals surface area contributed by atoms with Gasteiger partial charge >= 0.3 is 6.18 Å². The van der Waals surface area contributed by atoms with Crippen LogP contribution in [0.2, 0.25) is 0 Å². The molecule has 2 heterocycles. The summed E-state index contributed by atoms with van der Waals surface area (Å²) in [5.74, 6) is -0.257. The molecule has 1 aromatic heterocycles. The van der Waals surface area contributed by atoms with Gasteiger partial charge in [-0.05, 0) is 62.1 Å². The largest absolute Gasteiger partial charge is 0.494 e. The minimum atomic E-state index is -4.58. The van der Waals surface area contributed by atoms with Gasteiger partial charge in [0.1, 0.15) is 23.6 Å². The van der Waals surface area contributed by atoms with Gasteiger partial charge in [0, 0.05) is 38.7 Å². The minimum absolute atomic E-state index is 0.155. The summed E-state index contributed by atoms with van der Waals surface area (Å²) >= 11 is 0. The van der Waals surface area contributed by atoms with Crippen LogP contribution in [0, 0.1) is 5.82 Å². The summed E-state index contributed by atoms with van der Waals surface area (Å²) < 4.78 is 65.8. The number of nitrogens with one attached hydrogen (secondary N) is 2. The molecule has 1 fully saturated rings. The predicted octanol–water partition coefficient (Wildman–Crippen LogP) is 7.18. The molecule has 1 aliphatic heterocycles. The fourth-order valence-corrected chi connectivity index (χ4v) is 5.25. The molecular formula is C35H37F4N7O4. The molecule has 5 rings (SSSR count). The van der Waals surface area contributed by atoms with E-state index in [4.69, 9.17) is 14.3 Å². The lowest BCUT2D eigenvalue weighted by atomic mass is 10.0. The number of anilines is 5. The Balaban J connectivity index is 1.40. The lowest BCUT2D eigenvalue weighted by Gasteiger charge is -2.26. The molecule has 264 valence electrons. The monoisotopic (exact) mass is 695 g/mol. The third kappa shape index (κ3) is 8.59. The van der Waals surface area contributed by atoms with Crippen LogP contribution >= 0.6 is 0 Å². The standard InChI is InChI=1S/C35H37F4N7O4/c1-6-34(47)43-26-18-27(31(48-5)19-29(26)45(4)14-13-44(2)3)42-32-20-33(41-21-40-32)46-28(12-15-49-46)22-10-11-25(36)30(16-22)50-24-9-7-8-23(17-24)35(37,38)39/h6-11,16-21,28H,1,12-15H2,2-5H3,(H,43,47)(H,40,41,42)/t28-/m1/s1. The maximum absolute atomic E-state index is 14.8. The summed E-state index contributed by atoms with van der Waals surface area (Å²) in [5.41, 5.74) is 1.45. The van der Waals surface area contributed by atoms with Crippen molar-refractivity contribution in [2.75, 3.05) is 68.5 Å². The van der Waals surface area contributed by atoms with Crippen molar-refractivity contribution in [2.45, 2.75) is 18.6 Å². The van der Waals surface area contributed by atoms with Crippen LogP contribution in [-0.4, -0.2) is 68.7 Å². The molecule has 15 heteroatoms. The van der Waals surface area contributed by atoms with Crippen molar-refractivity contribution in [2.24, 2.45) is 0 Å². The van der Waals surface area contributed by atoms with E-state index in [-0.39, 0.29) is 17.4 Å². The number of hydrogen-bond acceptors (Lipinski definition) is 10. The Morgan fingerprint density at radius 3 is 2.58 bits per heavy atom. The zero-order valence-electron chi connectivity index (χ0n) is 27.9. The topological polar surface area (TPSA) is 104 Å². The normalized spacial score (nSPS) is 14.4. The Labute approximate surface area is 287 Å². The molecule has 0 saturated carbocycles. The molecule has 11 nitrogen and oxygen atoms in total. The Hall–Kier alpha value is -5.41. The summed E-state index contributed by atoms with van der Waals surface area (Å²) in [6.07, 6.45) is -1.54. The number of halogens is 4. The van der Waals surface area contributed by atoms with E-state index in [1.807, 2.05) is 32.1 Å². The van der Waals surface area contributed by atoms with Crippen molar-refractivity contribution in [3.8, 4) is 17.2 Å². The molecule has 0 aliphatic carbocycles. The highest BCUT2D eigenvalue weighted by atomic mass is 19.4. The number of rotatable bonds is 13. The molecule has 0 unspecified atom stereocenters. The number of carbonyl (C=O) groups excluding carboxylic acids is 1. The molecular weight excluding hydrogens is 658 g/mol. The lowest BCUT2D eigenvalue weighted by molar-refractivity contribution is -0.137. The highest BCUT2D eigenvalue weighted by Crippen LogP contribution is 2.40. The van der Waals surface area contributed by atoms with Gasteiger partial charge < -0.3 is 29.9 Å². The average molecular weight is 696 g/mol. The van der Waals surface area contributed by atoms with Crippen LogP contribution in [-0.2, 0) is 15.8 Å². The van der Waals surface area contributed by atoms with Gasteiger partial charge in [-0.3, -0.25) is 9.63 Å². The molecule has 2 N–H and O–H groups in total. The molecule has 1 aliphatic rings. The van der Waals surface area contributed by atoms with E-state index in [0.717, 1.165) is 24.4 Å². The van der Waals surface area contributed by atoms with Crippen LogP contribution in [0.15, 0.2) is 79.6 Å². The van der Waals surface area contributed by atoms with Crippen molar-refractivity contribution in [1.82, 2.24) is 14.9 Å². The first-order valence-corrected chi connectivity index (χ1v) is 15.5. The lowest BCUT2D eigenvalue weighted by Crippen LogP contribution is -2.29. The van der Waals surface area contributed by atoms with Crippen LogP contribution in [0.1, 0.15) is 23.6 Å². The van der Waals surface area contributed by atoms with E-state index in [2.05, 4.69) is 32.1 Å². The van der Waals surface area contributed by atoms with Gasteiger partial charge in [-0.2, -0.15) is 13.2 Å². The number of amides is 1. The summed E-state index contributed by atoms with van der Waals surface area (Å²) in [7, 11) is 7.40. The third-order valence-corrected chi connectivity index (χ3v) is 7.83. The third-order valence-electron chi connectivity index (χ3n) is 7.83. The van der Waals surface area contributed by atoms with Crippen molar-refractivity contribution in [1.29, 1.82) is 0 Å². The maximum Gasteiger partial charge on any atom is 0.416 e. The minimum Gasteiger partial charge on any atom is -0.494 e. The van der Waals surface area contributed by atoms with Crippen LogP contribution in [0.4, 0.5) is 46.3 Å². The van der Waals surface area contributed by atoms with Gasteiger partial charge in [-0.1, -0.05) is 18.7 Å². The van der Waals surface area contributed by atoms with Crippen LogP contribution in [0.25, 0.3) is 0 Å². The zero-order chi connectivity index (χ0) is 36.0. The summed E-state index contributed by atoms with van der Waals surface area (Å²) in [6.45, 7) is 5.34. The number of nitrogens with zero attached hydrogens (tertiary/aromatic N) is 5. The molecule has 3 aromatic carbocycles. The second-order valence-corrected chi connectivity index (χ2v) is 11.7. The number of hydroxylamine groups is 1. The molecule has 4 aromatic rings. The average Bonchev–Trinajstić information content (AvgIpc) is 3.58. The fraction of sp³-hybridized carbons (Fsp3) is 0.286. The van der Waals surface area contributed by atoms with Gasteiger partial charge in [-0.25, -0.2) is 19.4 Å². The number of carbonyl (C=O) groups is 1.